The maximum Gasteiger partial charge on any atom is 0.246 e. The van der Waals surface area contributed by atoms with Crippen molar-refractivity contribution in [3.8, 4) is 5.75 Å². The second kappa shape index (κ2) is 5.18. The van der Waals surface area contributed by atoms with Crippen LogP contribution in [-0.4, -0.2) is 36.4 Å². The zero-order valence-corrected chi connectivity index (χ0v) is 10.3. The number of benzene rings is 1. The molecule has 5 nitrogen and oxygen atoms in total. The monoisotopic (exact) mass is 248 g/mol. The fourth-order valence-electron chi connectivity index (χ4n) is 1.98. The van der Waals surface area contributed by atoms with E-state index in [1.54, 1.807) is 7.11 Å². The average Bonchev–Trinajstić information content (AvgIpc) is 2.62. The molecule has 1 fully saturated rings. The summed E-state index contributed by atoms with van der Waals surface area (Å²) in [6, 6.07) is 6.89. The number of imide groups is 1. The van der Waals surface area contributed by atoms with Crippen LogP contribution < -0.4 is 10.5 Å². The number of likely N-dealkylation sites (tertiary alicyclic amines) is 1. The summed E-state index contributed by atoms with van der Waals surface area (Å²) in [6.45, 7) is 0.387. The standard InChI is InChI=1S/C13H16N2O3/c1-18-10-4-2-9(3-5-10)6-7-15-12(16)8-11(14)13(15)17/h2-5,11H,6-8,14H2,1H3/t11-/m0/s1. The molecule has 0 aromatic heterocycles. The highest BCUT2D eigenvalue weighted by Gasteiger charge is 2.35. The third-order valence-corrected chi connectivity index (χ3v) is 3.06. The Kier molecular flexibility index (Phi) is 3.62. The Hall–Kier alpha value is -1.88. The summed E-state index contributed by atoms with van der Waals surface area (Å²) in [5.74, 6) is 0.337. The molecular weight excluding hydrogens is 232 g/mol. The number of ether oxygens (including phenoxy) is 1. The highest BCUT2D eigenvalue weighted by Crippen LogP contribution is 2.15. The van der Waals surface area contributed by atoms with Crippen molar-refractivity contribution in [3.63, 3.8) is 0 Å². The van der Waals surface area contributed by atoms with Crippen LogP contribution in [0, 0.1) is 0 Å². The van der Waals surface area contributed by atoms with Crippen LogP contribution in [0.3, 0.4) is 0 Å². The van der Waals surface area contributed by atoms with Crippen LogP contribution in [-0.2, 0) is 16.0 Å². The van der Waals surface area contributed by atoms with E-state index in [0.29, 0.717) is 13.0 Å². The van der Waals surface area contributed by atoms with Gasteiger partial charge in [0.05, 0.1) is 19.6 Å². The molecule has 2 N–H and O–H groups in total. The molecule has 96 valence electrons. The second-order valence-corrected chi connectivity index (χ2v) is 4.29. The van der Waals surface area contributed by atoms with Crippen molar-refractivity contribution in [3.05, 3.63) is 29.8 Å². The molecule has 0 unspecified atom stereocenters. The number of amides is 2. The number of nitrogens with two attached hydrogens (primary N) is 1. The third kappa shape index (κ3) is 2.51. The van der Waals surface area contributed by atoms with E-state index in [0.717, 1.165) is 11.3 Å². The van der Waals surface area contributed by atoms with Crippen LogP contribution in [0.4, 0.5) is 0 Å². The Labute approximate surface area is 106 Å². The molecule has 1 aliphatic rings. The van der Waals surface area contributed by atoms with Gasteiger partial charge in [0.25, 0.3) is 0 Å². The van der Waals surface area contributed by atoms with Gasteiger partial charge >= 0.3 is 0 Å². The topological polar surface area (TPSA) is 72.6 Å². The predicted octanol–water partition coefficient (Wildman–Crippen LogP) is 0.324. The smallest absolute Gasteiger partial charge is 0.246 e. The molecule has 2 rings (SSSR count). The largest absolute Gasteiger partial charge is 0.497 e. The van der Waals surface area contributed by atoms with Crippen LogP contribution in [0.2, 0.25) is 0 Å². The van der Waals surface area contributed by atoms with Crippen molar-refractivity contribution in [1.82, 2.24) is 4.90 Å². The maximum absolute atomic E-state index is 11.6. The fraction of sp³-hybridized carbons (Fsp3) is 0.385. The summed E-state index contributed by atoms with van der Waals surface area (Å²) in [7, 11) is 1.61. The molecule has 0 aliphatic carbocycles. The van der Waals surface area contributed by atoms with Crippen molar-refractivity contribution >= 4 is 11.8 Å². The van der Waals surface area contributed by atoms with Gasteiger partial charge in [-0.15, -0.1) is 0 Å². The summed E-state index contributed by atoms with van der Waals surface area (Å²) >= 11 is 0. The lowest BCUT2D eigenvalue weighted by molar-refractivity contribution is -0.138. The van der Waals surface area contributed by atoms with E-state index in [-0.39, 0.29) is 18.2 Å². The zero-order valence-electron chi connectivity index (χ0n) is 10.3. The molecule has 0 saturated carbocycles. The first-order valence-corrected chi connectivity index (χ1v) is 5.84. The molecular formula is C13H16N2O3. The molecule has 1 aromatic rings. The van der Waals surface area contributed by atoms with Crippen molar-refractivity contribution in [2.75, 3.05) is 13.7 Å². The molecule has 5 heteroatoms. The molecule has 0 radical (unpaired) electrons. The minimum absolute atomic E-state index is 0.126. The number of carbonyl (C=O) groups is 2. The number of carbonyl (C=O) groups excluding carboxylic acids is 2. The molecule has 1 aromatic carbocycles. The quantitative estimate of drug-likeness (QED) is 0.779. The summed E-state index contributed by atoms with van der Waals surface area (Å²) in [6.07, 6.45) is 0.760. The Bertz CT molecular complexity index is 456. The Morgan fingerprint density at radius 1 is 1.33 bits per heavy atom. The fourth-order valence-corrected chi connectivity index (χ4v) is 1.98. The van der Waals surface area contributed by atoms with E-state index in [4.69, 9.17) is 10.5 Å². The normalized spacial score (nSPS) is 19.4. The van der Waals surface area contributed by atoms with Crippen LogP contribution in [0.15, 0.2) is 24.3 Å². The van der Waals surface area contributed by atoms with Gasteiger partial charge in [-0.1, -0.05) is 12.1 Å². The van der Waals surface area contributed by atoms with Gasteiger partial charge in [0.1, 0.15) is 5.75 Å². The van der Waals surface area contributed by atoms with E-state index in [1.165, 1.54) is 4.90 Å². The third-order valence-electron chi connectivity index (χ3n) is 3.06. The molecule has 1 aliphatic heterocycles. The molecule has 1 heterocycles. The van der Waals surface area contributed by atoms with E-state index in [1.807, 2.05) is 24.3 Å². The SMILES string of the molecule is COc1ccc(CCN2C(=O)C[C@H](N)C2=O)cc1. The molecule has 0 spiro atoms. The van der Waals surface area contributed by atoms with Crippen molar-refractivity contribution in [1.29, 1.82) is 0 Å². The van der Waals surface area contributed by atoms with Gasteiger partial charge in [-0.05, 0) is 24.1 Å². The lowest BCUT2D eigenvalue weighted by atomic mass is 10.1. The van der Waals surface area contributed by atoms with E-state index >= 15 is 0 Å². The summed E-state index contributed by atoms with van der Waals surface area (Å²) in [5, 5.41) is 0. The van der Waals surface area contributed by atoms with Gasteiger partial charge < -0.3 is 10.5 Å². The summed E-state index contributed by atoms with van der Waals surface area (Å²) < 4.78 is 5.06. The molecule has 18 heavy (non-hydrogen) atoms. The maximum atomic E-state index is 11.6. The first-order chi connectivity index (χ1) is 8.61. The summed E-state index contributed by atoms with van der Waals surface area (Å²) in [4.78, 5) is 24.4. The number of hydrogen-bond acceptors (Lipinski definition) is 4. The molecule has 1 saturated heterocycles. The average molecular weight is 248 g/mol. The van der Waals surface area contributed by atoms with Crippen molar-refractivity contribution in [2.24, 2.45) is 5.73 Å². The van der Waals surface area contributed by atoms with Crippen molar-refractivity contribution in [2.45, 2.75) is 18.9 Å². The van der Waals surface area contributed by atoms with Gasteiger partial charge in [-0.25, -0.2) is 0 Å². The highest BCUT2D eigenvalue weighted by atomic mass is 16.5. The van der Waals surface area contributed by atoms with E-state index < -0.39 is 6.04 Å². The lowest BCUT2D eigenvalue weighted by Crippen LogP contribution is -2.36. The molecule has 1 atom stereocenters. The number of nitrogens with zero attached hydrogens (tertiary/aromatic N) is 1. The van der Waals surface area contributed by atoms with Crippen LogP contribution in [0.5, 0.6) is 5.75 Å². The van der Waals surface area contributed by atoms with Crippen LogP contribution in [0.1, 0.15) is 12.0 Å². The zero-order chi connectivity index (χ0) is 13.1. The van der Waals surface area contributed by atoms with E-state index in [2.05, 4.69) is 0 Å². The van der Waals surface area contributed by atoms with Crippen molar-refractivity contribution < 1.29 is 14.3 Å². The van der Waals surface area contributed by atoms with E-state index in [9.17, 15) is 9.59 Å². The lowest BCUT2D eigenvalue weighted by Gasteiger charge is -2.14. The van der Waals surface area contributed by atoms with Gasteiger partial charge in [-0.3, -0.25) is 14.5 Å². The van der Waals surface area contributed by atoms with Crippen LogP contribution in [0.25, 0.3) is 0 Å². The van der Waals surface area contributed by atoms with Gasteiger partial charge in [0.2, 0.25) is 11.8 Å². The Morgan fingerprint density at radius 3 is 2.50 bits per heavy atom. The molecule has 0 bridgehead atoms. The number of hydrogen-bond donors (Lipinski definition) is 1. The first kappa shape index (κ1) is 12.6. The minimum atomic E-state index is -0.659. The number of methoxy groups -OCH3 is 1. The van der Waals surface area contributed by atoms with Gasteiger partial charge in [0.15, 0.2) is 0 Å². The van der Waals surface area contributed by atoms with Crippen LogP contribution >= 0.6 is 0 Å². The Morgan fingerprint density at radius 2 is 2.00 bits per heavy atom. The highest BCUT2D eigenvalue weighted by molar-refractivity contribution is 6.05. The Balaban J connectivity index is 1.95. The number of rotatable bonds is 4. The van der Waals surface area contributed by atoms with Gasteiger partial charge in [0, 0.05) is 6.54 Å². The first-order valence-electron chi connectivity index (χ1n) is 5.84. The molecule has 2 amide bonds. The minimum Gasteiger partial charge on any atom is -0.497 e. The predicted molar refractivity (Wildman–Crippen MR) is 66.0 cm³/mol. The van der Waals surface area contributed by atoms with Gasteiger partial charge in [-0.2, -0.15) is 0 Å². The summed E-state index contributed by atoms with van der Waals surface area (Å²) in [5.41, 5.74) is 6.59. The second-order valence-electron chi connectivity index (χ2n) is 4.29.